The van der Waals surface area contributed by atoms with Crippen LogP contribution in [0.4, 0.5) is 0 Å². The molecule has 1 aliphatic heterocycles. The summed E-state index contributed by atoms with van der Waals surface area (Å²) in [5.41, 5.74) is -0.214. The normalized spacial score (nSPS) is 27.7. The maximum Gasteiger partial charge on any atom is 0.244 e. The molecule has 1 saturated carbocycles. The summed E-state index contributed by atoms with van der Waals surface area (Å²) in [5, 5.41) is 3.55. The molecule has 2 unspecified atom stereocenters. The fourth-order valence-corrected chi connectivity index (χ4v) is 3.42. The van der Waals surface area contributed by atoms with E-state index in [2.05, 4.69) is 38.0 Å². The summed E-state index contributed by atoms with van der Waals surface area (Å²) < 4.78 is 0. The van der Waals surface area contributed by atoms with E-state index >= 15 is 0 Å². The summed E-state index contributed by atoms with van der Waals surface area (Å²) in [6.07, 6.45) is 5.76. The van der Waals surface area contributed by atoms with Crippen molar-refractivity contribution >= 4 is 5.91 Å². The zero-order chi connectivity index (χ0) is 14.0. The van der Waals surface area contributed by atoms with Gasteiger partial charge < -0.3 is 9.80 Å². The molecule has 0 aromatic rings. The minimum Gasteiger partial charge on any atom is -0.325 e. The van der Waals surface area contributed by atoms with E-state index in [1.165, 1.54) is 12.8 Å². The van der Waals surface area contributed by atoms with E-state index in [0.717, 1.165) is 32.4 Å². The molecule has 2 rings (SSSR count). The van der Waals surface area contributed by atoms with Gasteiger partial charge in [-0.2, -0.15) is 0 Å². The van der Waals surface area contributed by atoms with Crippen LogP contribution < -0.4 is 5.32 Å². The lowest BCUT2D eigenvalue weighted by Crippen LogP contribution is -2.45. The fourth-order valence-electron chi connectivity index (χ4n) is 3.42. The number of nitrogens with zero attached hydrogens (tertiary/aromatic N) is 2. The molecule has 0 aromatic heterocycles. The van der Waals surface area contributed by atoms with Crippen LogP contribution >= 0.6 is 0 Å². The largest absolute Gasteiger partial charge is 0.325 e. The van der Waals surface area contributed by atoms with E-state index in [4.69, 9.17) is 0 Å². The van der Waals surface area contributed by atoms with Crippen LogP contribution in [0.5, 0.6) is 0 Å². The third kappa shape index (κ3) is 2.79. The molecule has 1 saturated heterocycles. The molecule has 19 heavy (non-hydrogen) atoms. The van der Waals surface area contributed by atoms with Crippen molar-refractivity contribution in [2.75, 3.05) is 20.1 Å². The first-order valence-electron chi connectivity index (χ1n) is 7.79. The van der Waals surface area contributed by atoms with Gasteiger partial charge in [-0.05, 0) is 40.2 Å². The van der Waals surface area contributed by atoms with Crippen molar-refractivity contribution in [3.63, 3.8) is 0 Å². The van der Waals surface area contributed by atoms with Gasteiger partial charge in [-0.15, -0.1) is 0 Å². The molecule has 0 radical (unpaired) electrons. The molecule has 1 spiro atoms. The standard InChI is InChI=1S/C15H29N3O/c1-5-12(2)17(4)10-11-18-13(3)16-15(14(18)19)8-6-7-9-15/h12-13,16H,5-11H2,1-4H3. The van der Waals surface area contributed by atoms with Crippen LogP contribution in [0.2, 0.25) is 0 Å². The Morgan fingerprint density at radius 1 is 1.47 bits per heavy atom. The van der Waals surface area contributed by atoms with Gasteiger partial charge in [0, 0.05) is 19.1 Å². The molecular weight excluding hydrogens is 238 g/mol. The zero-order valence-electron chi connectivity index (χ0n) is 12.9. The number of carbonyl (C=O) groups is 1. The number of rotatable bonds is 5. The average molecular weight is 267 g/mol. The van der Waals surface area contributed by atoms with Crippen molar-refractivity contribution in [1.29, 1.82) is 0 Å². The second kappa shape index (κ2) is 5.80. The van der Waals surface area contributed by atoms with Crippen molar-refractivity contribution in [2.45, 2.75) is 70.6 Å². The molecule has 2 atom stereocenters. The van der Waals surface area contributed by atoms with Gasteiger partial charge in [-0.1, -0.05) is 19.8 Å². The third-order valence-corrected chi connectivity index (χ3v) is 5.12. The van der Waals surface area contributed by atoms with Crippen molar-refractivity contribution < 1.29 is 4.79 Å². The molecule has 4 nitrogen and oxygen atoms in total. The molecule has 1 heterocycles. The van der Waals surface area contributed by atoms with Gasteiger partial charge >= 0.3 is 0 Å². The van der Waals surface area contributed by atoms with Crippen LogP contribution in [-0.4, -0.2) is 53.6 Å². The minimum atomic E-state index is -0.214. The molecular formula is C15H29N3O. The number of carbonyl (C=O) groups excluding carboxylic acids is 1. The molecule has 0 aromatic carbocycles. The van der Waals surface area contributed by atoms with Crippen LogP contribution in [0.1, 0.15) is 52.9 Å². The first kappa shape index (κ1) is 14.8. The van der Waals surface area contributed by atoms with Gasteiger partial charge in [-0.3, -0.25) is 10.1 Å². The minimum absolute atomic E-state index is 0.191. The Kier molecular flexibility index (Phi) is 4.51. The topological polar surface area (TPSA) is 35.6 Å². The van der Waals surface area contributed by atoms with E-state index in [1.807, 2.05) is 4.90 Å². The van der Waals surface area contributed by atoms with Crippen molar-refractivity contribution in [3.05, 3.63) is 0 Å². The van der Waals surface area contributed by atoms with Crippen molar-refractivity contribution in [1.82, 2.24) is 15.1 Å². The second-order valence-corrected chi connectivity index (χ2v) is 6.35. The lowest BCUT2D eigenvalue weighted by Gasteiger charge is -2.28. The Balaban J connectivity index is 1.92. The molecule has 1 amide bonds. The molecule has 2 fully saturated rings. The SMILES string of the molecule is CCC(C)N(C)CCN1C(=O)C2(CCCC2)NC1C. The first-order valence-corrected chi connectivity index (χ1v) is 7.79. The Morgan fingerprint density at radius 3 is 2.68 bits per heavy atom. The molecule has 4 heteroatoms. The molecule has 1 N–H and O–H groups in total. The quantitative estimate of drug-likeness (QED) is 0.825. The van der Waals surface area contributed by atoms with E-state index in [9.17, 15) is 4.79 Å². The Morgan fingerprint density at radius 2 is 2.11 bits per heavy atom. The highest BCUT2D eigenvalue weighted by Crippen LogP contribution is 2.36. The molecule has 1 aliphatic carbocycles. The molecule has 0 bridgehead atoms. The van der Waals surface area contributed by atoms with E-state index in [-0.39, 0.29) is 11.7 Å². The van der Waals surface area contributed by atoms with Crippen LogP contribution in [-0.2, 0) is 4.79 Å². The van der Waals surface area contributed by atoms with Gasteiger partial charge in [0.1, 0.15) is 0 Å². The second-order valence-electron chi connectivity index (χ2n) is 6.35. The summed E-state index contributed by atoms with van der Waals surface area (Å²) in [6, 6.07) is 0.585. The Bertz CT molecular complexity index is 325. The monoisotopic (exact) mass is 267 g/mol. The predicted molar refractivity (Wildman–Crippen MR) is 77.9 cm³/mol. The smallest absolute Gasteiger partial charge is 0.244 e. The summed E-state index contributed by atoms with van der Waals surface area (Å²) in [7, 11) is 2.15. The van der Waals surface area contributed by atoms with Crippen molar-refractivity contribution in [3.8, 4) is 0 Å². The maximum absolute atomic E-state index is 12.6. The summed E-state index contributed by atoms with van der Waals surface area (Å²) >= 11 is 0. The maximum atomic E-state index is 12.6. The first-order chi connectivity index (χ1) is 9.00. The van der Waals surface area contributed by atoms with E-state index in [0.29, 0.717) is 11.9 Å². The van der Waals surface area contributed by atoms with Gasteiger partial charge in [0.25, 0.3) is 0 Å². The van der Waals surface area contributed by atoms with Crippen LogP contribution in [0.15, 0.2) is 0 Å². The molecule has 110 valence electrons. The lowest BCUT2D eigenvalue weighted by molar-refractivity contribution is -0.133. The highest BCUT2D eigenvalue weighted by molar-refractivity contribution is 5.89. The lowest BCUT2D eigenvalue weighted by atomic mass is 9.98. The van der Waals surface area contributed by atoms with E-state index in [1.54, 1.807) is 0 Å². The highest BCUT2D eigenvalue weighted by atomic mass is 16.2. The summed E-state index contributed by atoms with van der Waals surface area (Å²) in [4.78, 5) is 17.0. The van der Waals surface area contributed by atoms with Gasteiger partial charge in [-0.25, -0.2) is 0 Å². The number of likely N-dealkylation sites (N-methyl/N-ethyl adjacent to an activating group) is 1. The summed E-state index contributed by atoms with van der Waals surface area (Å²) in [5.74, 6) is 0.343. The van der Waals surface area contributed by atoms with Crippen LogP contribution in [0, 0.1) is 0 Å². The average Bonchev–Trinajstić information content (AvgIpc) is 2.94. The molecule has 2 aliphatic rings. The predicted octanol–water partition coefficient (Wildman–Crippen LogP) is 1.81. The zero-order valence-corrected chi connectivity index (χ0v) is 12.9. The van der Waals surface area contributed by atoms with Gasteiger partial charge in [0.05, 0.1) is 11.7 Å². The third-order valence-electron chi connectivity index (χ3n) is 5.12. The number of amides is 1. The van der Waals surface area contributed by atoms with Crippen LogP contribution in [0.25, 0.3) is 0 Å². The Labute approximate surface area is 117 Å². The fraction of sp³-hybridized carbons (Fsp3) is 0.933. The number of hydrogen-bond donors (Lipinski definition) is 1. The number of nitrogens with one attached hydrogen (secondary N) is 1. The van der Waals surface area contributed by atoms with Gasteiger partial charge in [0.15, 0.2) is 0 Å². The van der Waals surface area contributed by atoms with E-state index < -0.39 is 0 Å². The summed E-state index contributed by atoms with van der Waals surface area (Å²) in [6.45, 7) is 8.37. The van der Waals surface area contributed by atoms with Gasteiger partial charge in [0.2, 0.25) is 5.91 Å². The van der Waals surface area contributed by atoms with Crippen molar-refractivity contribution in [2.24, 2.45) is 0 Å². The Hall–Kier alpha value is -0.610. The number of hydrogen-bond acceptors (Lipinski definition) is 3. The van der Waals surface area contributed by atoms with Crippen LogP contribution in [0.3, 0.4) is 0 Å². The highest BCUT2D eigenvalue weighted by Gasteiger charge is 2.50.